The van der Waals surface area contributed by atoms with Crippen molar-refractivity contribution in [1.29, 1.82) is 0 Å². The summed E-state index contributed by atoms with van der Waals surface area (Å²) in [5, 5.41) is 2.74. The van der Waals surface area contributed by atoms with Gasteiger partial charge in [-0.1, -0.05) is 6.92 Å². The molecule has 25 heavy (non-hydrogen) atoms. The van der Waals surface area contributed by atoms with E-state index in [-0.39, 0.29) is 29.9 Å². The molecule has 2 N–H and O–H groups in total. The molecule has 2 rings (SSSR count). The molecule has 1 aromatic carbocycles. The van der Waals surface area contributed by atoms with Gasteiger partial charge in [0.2, 0.25) is 0 Å². The van der Waals surface area contributed by atoms with Crippen molar-refractivity contribution < 1.29 is 17.6 Å². The minimum atomic E-state index is -3.09. The number of imidazole rings is 1. The van der Waals surface area contributed by atoms with Crippen LogP contribution < -0.4 is 5.32 Å². The van der Waals surface area contributed by atoms with E-state index in [1.54, 1.807) is 20.0 Å². The number of nitrogens with zero attached hydrogens (tertiary/aromatic N) is 2. The van der Waals surface area contributed by atoms with Crippen LogP contribution in [0.25, 0.3) is 11.0 Å². The number of sulfone groups is 1. The predicted molar refractivity (Wildman–Crippen MR) is 94.7 cm³/mol. The van der Waals surface area contributed by atoms with E-state index < -0.39 is 9.84 Å². The summed E-state index contributed by atoms with van der Waals surface area (Å²) in [5.74, 6) is 0.452. The van der Waals surface area contributed by atoms with Crippen LogP contribution in [0.5, 0.6) is 0 Å². The lowest BCUT2D eigenvalue weighted by Crippen LogP contribution is -2.40. The second-order valence-corrected chi connectivity index (χ2v) is 8.31. The summed E-state index contributed by atoms with van der Waals surface area (Å²) in [4.78, 5) is 20.7. The normalized spacial score (nSPS) is 11.6. The van der Waals surface area contributed by atoms with Crippen molar-refractivity contribution >= 4 is 26.9 Å². The highest BCUT2D eigenvalue weighted by Crippen LogP contribution is 2.13. The lowest BCUT2D eigenvalue weighted by Gasteiger charge is -2.17. The Kier molecular flexibility index (Phi) is 6.35. The van der Waals surface area contributed by atoms with E-state index in [0.29, 0.717) is 30.4 Å². The van der Waals surface area contributed by atoms with Gasteiger partial charge in [-0.05, 0) is 24.6 Å². The van der Waals surface area contributed by atoms with Gasteiger partial charge in [-0.25, -0.2) is 22.6 Å². The van der Waals surface area contributed by atoms with E-state index in [9.17, 15) is 17.6 Å². The number of H-pyrrole nitrogens is 1. The van der Waals surface area contributed by atoms with E-state index in [2.05, 4.69) is 15.3 Å². The molecule has 0 aliphatic rings. The van der Waals surface area contributed by atoms with Crippen molar-refractivity contribution in [3.05, 3.63) is 29.8 Å². The standard InChI is InChI=1S/C16H23FN4O3S/c1-3-25(23,24)10-9-21(2)16(22)18-8-4-5-15-19-13-7-6-12(17)11-14(13)20-15/h6-7,11H,3-5,8-10H2,1-2H3,(H,18,22)(H,19,20). The smallest absolute Gasteiger partial charge is 0.317 e. The van der Waals surface area contributed by atoms with E-state index >= 15 is 0 Å². The zero-order valence-corrected chi connectivity index (χ0v) is 15.2. The third-order valence-electron chi connectivity index (χ3n) is 3.88. The van der Waals surface area contributed by atoms with Crippen LogP contribution in [0, 0.1) is 5.82 Å². The lowest BCUT2D eigenvalue weighted by molar-refractivity contribution is 0.211. The number of carbonyl (C=O) groups excluding carboxylic acids is 1. The van der Waals surface area contributed by atoms with Crippen LogP contribution in [0.1, 0.15) is 19.2 Å². The number of halogens is 1. The molecular formula is C16H23FN4O3S. The number of carbonyl (C=O) groups is 1. The van der Waals surface area contributed by atoms with Crippen molar-refractivity contribution in [2.24, 2.45) is 0 Å². The number of hydrogen-bond acceptors (Lipinski definition) is 4. The fourth-order valence-electron chi connectivity index (χ4n) is 2.26. The summed E-state index contributed by atoms with van der Waals surface area (Å²) >= 11 is 0. The summed E-state index contributed by atoms with van der Waals surface area (Å²) in [6.45, 7) is 2.19. The number of benzene rings is 1. The Morgan fingerprint density at radius 1 is 1.40 bits per heavy atom. The lowest BCUT2D eigenvalue weighted by atomic mass is 10.3. The van der Waals surface area contributed by atoms with Crippen LogP contribution in [0.2, 0.25) is 0 Å². The number of aromatic nitrogens is 2. The molecule has 0 fully saturated rings. The van der Waals surface area contributed by atoms with Gasteiger partial charge >= 0.3 is 6.03 Å². The van der Waals surface area contributed by atoms with E-state index in [1.807, 2.05) is 0 Å². The first-order valence-electron chi connectivity index (χ1n) is 8.14. The fraction of sp³-hybridized carbons (Fsp3) is 0.500. The van der Waals surface area contributed by atoms with E-state index in [0.717, 1.165) is 5.82 Å². The van der Waals surface area contributed by atoms with Gasteiger partial charge in [-0.3, -0.25) is 0 Å². The third kappa shape index (κ3) is 5.70. The Labute approximate surface area is 146 Å². The average Bonchev–Trinajstić information content (AvgIpc) is 2.98. The number of nitrogens with one attached hydrogen (secondary N) is 2. The highest BCUT2D eigenvalue weighted by atomic mass is 32.2. The molecule has 0 unspecified atom stereocenters. The summed E-state index contributed by atoms with van der Waals surface area (Å²) in [7, 11) is -1.52. The number of rotatable bonds is 8. The minimum Gasteiger partial charge on any atom is -0.342 e. The molecule has 1 aromatic heterocycles. The molecular weight excluding hydrogens is 347 g/mol. The van der Waals surface area contributed by atoms with Crippen LogP contribution in [0.15, 0.2) is 18.2 Å². The first-order chi connectivity index (χ1) is 11.8. The number of hydrogen-bond donors (Lipinski definition) is 2. The van der Waals surface area contributed by atoms with Crippen molar-refractivity contribution in [1.82, 2.24) is 20.2 Å². The molecule has 0 bridgehead atoms. The first-order valence-corrected chi connectivity index (χ1v) is 9.96. The second-order valence-electron chi connectivity index (χ2n) is 5.84. The third-order valence-corrected chi connectivity index (χ3v) is 5.57. The SMILES string of the molecule is CCS(=O)(=O)CCN(C)C(=O)NCCCc1nc2ccc(F)cc2[nH]1. The van der Waals surface area contributed by atoms with Crippen molar-refractivity contribution in [3.8, 4) is 0 Å². The van der Waals surface area contributed by atoms with Gasteiger partial charge in [-0.2, -0.15) is 0 Å². The Balaban J connectivity index is 1.73. The quantitative estimate of drug-likeness (QED) is 0.692. The molecule has 2 amide bonds. The summed E-state index contributed by atoms with van der Waals surface area (Å²) in [6, 6.07) is 4.07. The predicted octanol–water partition coefficient (Wildman–Crippen LogP) is 1.71. The van der Waals surface area contributed by atoms with Crippen molar-refractivity contribution in [2.75, 3.05) is 31.6 Å². The molecule has 0 aliphatic carbocycles. The molecule has 0 saturated heterocycles. The monoisotopic (exact) mass is 370 g/mol. The molecule has 9 heteroatoms. The van der Waals surface area contributed by atoms with Crippen molar-refractivity contribution in [3.63, 3.8) is 0 Å². The number of amides is 2. The van der Waals surface area contributed by atoms with Crippen LogP contribution in [-0.2, 0) is 16.3 Å². The Morgan fingerprint density at radius 2 is 2.16 bits per heavy atom. The molecule has 0 saturated carbocycles. The zero-order valence-electron chi connectivity index (χ0n) is 14.4. The topological polar surface area (TPSA) is 95.2 Å². The second kappa shape index (κ2) is 8.28. The number of urea groups is 1. The Hall–Kier alpha value is -2.16. The molecule has 1 heterocycles. The molecule has 0 spiro atoms. The van der Waals surface area contributed by atoms with Crippen LogP contribution in [-0.4, -0.2) is 61.0 Å². The van der Waals surface area contributed by atoms with Crippen LogP contribution in [0.4, 0.5) is 9.18 Å². The highest BCUT2D eigenvalue weighted by Gasteiger charge is 2.13. The van der Waals surface area contributed by atoms with Gasteiger partial charge in [0.1, 0.15) is 11.6 Å². The van der Waals surface area contributed by atoms with Gasteiger partial charge < -0.3 is 15.2 Å². The Bertz CT molecular complexity index is 835. The van der Waals surface area contributed by atoms with E-state index in [4.69, 9.17) is 0 Å². The molecule has 0 aliphatic heterocycles. The Morgan fingerprint density at radius 3 is 2.88 bits per heavy atom. The van der Waals surface area contributed by atoms with Gasteiger partial charge in [-0.15, -0.1) is 0 Å². The summed E-state index contributed by atoms with van der Waals surface area (Å²) in [6.07, 6.45) is 1.28. The number of aromatic amines is 1. The van der Waals surface area contributed by atoms with Gasteiger partial charge in [0.25, 0.3) is 0 Å². The number of fused-ring (bicyclic) bond motifs is 1. The van der Waals surface area contributed by atoms with Gasteiger partial charge in [0.05, 0.1) is 16.8 Å². The van der Waals surface area contributed by atoms with Gasteiger partial charge in [0.15, 0.2) is 9.84 Å². The molecule has 2 aromatic rings. The van der Waals surface area contributed by atoms with Gasteiger partial charge in [0, 0.05) is 32.3 Å². The molecule has 138 valence electrons. The average molecular weight is 370 g/mol. The summed E-state index contributed by atoms with van der Waals surface area (Å²) in [5.41, 5.74) is 1.35. The van der Waals surface area contributed by atoms with Crippen LogP contribution in [0.3, 0.4) is 0 Å². The maximum atomic E-state index is 13.1. The first kappa shape index (κ1) is 19.2. The number of aryl methyl sites for hydroxylation is 1. The fourth-order valence-corrected chi connectivity index (χ4v) is 3.10. The highest BCUT2D eigenvalue weighted by molar-refractivity contribution is 7.91. The minimum absolute atomic E-state index is 0.0387. The molecule has 0 atom stereocenters. The molecule has 7 nitrogen and oxygen atoms in total. The maximum Gasteiger partial charge on any atom is 0.317 e. The van der Waals surface area contributed by atoms with Crippen LogP contribution >= 0.6 is 0 Å². The summed E-state index contributed by atoms with van der Waals surface area (Å²) < 4.78 is 36.0. The van der Waals surface area contributed by atoms with Crippen molar-refractivity contribution in [2.45, 2.75) is 19.8 Å². The maximum absolute atomic E-state index is 13.1. The molecule has 0 radical (unpaired) electrons. The van der Waals surface area contributed by atoms with E-state index in [1.165, 1.54) is 17.0 Å². The largest absolute Gasteiger partial charge is 0.342 e. The zero-order chi connectivity index (χ0) is 18.4.